The smallest absolute Gasteiger partial charge is 0.364 e. The summed E-state index contributed by atoms with van der Waals surface area (Å²) in [4.78, 5) is 88.6. The van der Waals surface area contributed by atoms with E-state index < -0.39 is 440 Å². The van der Waals surface area contributed by atoms with Gasteiger partial charge >= 0.3 is 5.97 Å². The van der Waals surface area contributed by atoms with Crippen LogP contribution in [0.3, 0.4) is 0 Å². The monoisotopic (exact) mass is 2030 g/mol. The van der Waals surface area contributed by atoms with Gasteiger partial charge in [-0.05, 0) is 0 Å². The Morgan fingerprint density at radius 3 is 0.993 bits per heavy atom. The molecule has 10 aliphatic heterocycles. The van der Waals surface area contributed by atoms with Gasteiger partial charge in [0.25, 0.3) is 5.79 Å². The molecule has 10 heterocycles. The zero-order valence-corrected chi connectivity index (χ0v) is 74.7. The van der Waals surface area contributed by atoms with Crippen molar-refractivity contribution in [3.05, 3.63) is 0 Å². The third-order valence-electron chi connectivity index (χ3n) is 24.8. The average molecular weight is 2030 g/mol. The number of nitrogens with one attached hydrogen (secondary N) is 6. The highest BCUT2D eigenvalue weighted by molar-refractivity contribution is 5.77. The zero-order valence-electron chi connectivity index (χ0n) is 74.7. The normalized spacial score (nSPS) is 45.6. The van der Waals surface area contributed by atoms with Gasteiger partial charge in [-0.25, -0.2) is 4.79 Å². The van der Waals surface area contributed by atoms with Gasteiger partial charge in [-0.15, -0.1) is 0 Å². The number of carbonyl (C=O) groups is 7. The van der Waals surface area contributed by atoms with Crippen LogP contribution in [0.1, 0.15) is 41.0 Å². The van der Waals surface area contributed by atoms with Crippen LogP contribution in [-0.2, 0) is 128 Å². The summed E-state index contributed by atoms with van der Waals surface area (Å²) in [7, 11) is 0. The molecule has 0 radical (unpaired) electrons. The second-order valence-electron chi connectivity index (χ2n) is 34.6. The van der Waals surface area contributed by atoms with E-state index in [1.165, 1.54) is 0 Å². The van der Waals surface area contributed by atoms with Gasteiger partial charge in [0.15, 0.2) is 56.6 Å². The van der Waals surface area contributed by atoms with Crippen molar-refractivity contribution >= 4 is 41.9 Å². The predicted octanol–water partition coefficient (Wildman–Crippen LogP) is -23.7. The molecule has 10 saturated heterocycles. The first-order valence-electron chi connectivity index (χ1n) is 44.0. The number of aliphatic hydroxyl groups excluding tert-OH is 28. The van der Waals surface area contributed by atoms with Gasteiger partial charge < -0.3 is 275 Å². The minimum Gasteiger partial charge on any atom is -0.477 e. The van der Waals surface area contributed by atoms with Gasteiger partial charge in [-0.1, -0.05) is 0 Å². The van der Waals surface area contributed by atoms with Gasteiger partial charge in [0.1, 0.15) is 238 Å². The van der Waals surface area contributed by atoms with E-state index in [0.717, 1.165) is 34.6 Å². The molecule has 0 aromatic carbocycles. The van der Waals surface area contributed by atoms with E-state index in [4.69, 9.17) is 94.7 Å². The molecule has 10 aliphatic rings. The Balaban J connectivity index is 0.874. The maximum atomic E-state index is 13.2. The van der Waals surface area contributed by atoms with Gasteiger partial charge in [-0.3, -0.25) is 28.8 Å². The fourth-order valence-electron chi connectivity index (χ4n) is 17.7. The second kappa shape index (κ2) is 51.1. The number of hydrogen-bond acceptors (Lipinski definition) is 55. The molecule has 62 heteroatoms. The molecular weight excluding hydrogens is 1900 g/mol. The Labute approximate surface area is 786 Å². The van der Waals surface area contributed by atoms with E-state index in [1.807, 2.05) is 0 Å². The second-order valence-corrected chi connectivity index (χ2v) is 34.6. The van der Waals surface area contributed by atoms with Crippen molar-refractivity contribution in [3.63, 3.8) is 0 Å². The number of aliphatic carboxylic acids is 1. The predicted molar refractivity (Wildman–Crippen MR) is 429 cm³/mol. The SMILES string of the molecule is CC(=O)N[C@H]1[C@H](OC[C@H]2O[C@@H](O[C@H]3[C@H](O)[C@@H](NC(C)=O)[C@H](O[C@H]4[C@@H](O)[C@@H](CO)O[C@@H](O[C@H]5[C@H](O)[C@@H](O)[C@H](OC[C@@H](CO)NC=O)O[C@@H]5CO)[C@@H]4O)O[C@@H]3CO)[C@H](O)[C@@H](O[C@@H]3O[C@H](CO)[C@@H](O)[C@H](O)[C@H]3NC(C)=O)[C@H]2O)O[C@H](CO)[C@@H](O[C@@H]2O[C@H](CO)[C@H](O)[C@H](O[C@@H]3O[C@H](CO)[C@@H](O[C@@H]4O[C@H](CO)[C@H](O)[C@H](O[C@]5(C(=O)O)C[C@H](O)[C@@H](NC(C)=O)[C@H]([C@H](O)[C@H](O)CO)O5)[C@H]4O)[C@H](O)[C@H]3NC(C)=O)[C@H]2O)[C@@H]1O. The highest BCUT2D eigenvalue weighted by Gasteiger charge is 2.64. The third kappa shape index (κ3) is 26.3. The zero-order chi connectivity index (χ0) is 103. The molecule has 52 atom stereocenters. The summed E-state index contributed by atoms with van der Waals surface area (Å²) in [5, 5.41) is 339. The number of carboxylic acids is 1. The van der Waals surface area contributed by atoms with E-state index >= 15 is 0 Å². The molecule has 0 spiro atoms. The maximum absolute atomic E-state index is 13.2. The van der Waals surface area contributed by atoms with Crippen LogP contribution in [0.4, 0.5) is 0 Å². The molecule has 0 unspecified atom stereocenters. The number of amides is 6. The first kappa shape index (κ1) is 115. The lowest BCUT2D eigenvalue weighted by Gasteiger charge is -2.51. The topological polar surface area (TPSA) is 963 Å². The summed E-state index contributed by atoms with van der Waals surface area (Å²) >= 11 is 0. The van der Waals surface area contributed by atoms with Crippen molar-refractivity contribution in [1.82, 2.24) is 31.9 Å². The van der Waals surface area contributed by atoms with Crippen molar-refractivity contribution in [2.75, 3.05) is 79.3 Å². The Morgan fingerprint density at radius 1 is 0.331 bits per heavy atom. The van der Waals surface area contributed by atoms with Crippen molar-refractivity contribution < 1.29 is 276 Å². The summed E-state index contributed by atoms with van der Waals surface area (Å²) in [5.41, 5.74) is 0. The van der Waals surface area contributed by atoms with Crippen molar-refractivity contribution in [1.29, 1.82) is 0 Å². The molecule has 802 valence electrons. The third-order valence-corrected chi connectivity index (χ3v) is 24.8. The number of ether oxygens (including phenoxy) is 20. The van der Waals surface area contributed by atoms with E-state index in [-0.39, 0.29) is 6.41 Å². The van der Waals surface area contributed by atoms with E-state index in [9.17, 15) is 182 Å². The lowest BCUT2D eigenvalue weighted by molar-refractivity contribution is -0.390. The fraction of sp³-hybridized carbons (Fsp3) is 0.909. The molecule has 0 aromatic heterocycles. The van der Waals surface area contributed by atoms with Crippen molar-refractivity contribution in [2.24, 2.45) is 0 Å². The van der Waals surface area contributed by atoms with Crippen LogP contribution in [0, 0.1) is 0 Å². The average Bonchev–Trinajstić information content (AvgIpc) is 0.753. The van der Waals surface area contributed by atoms with E-state index in [0.29, 0.717) is 0 Å². The molecule has 0 saturated carbocycles. The standard InChI is InChI=1S/C77H128N6O56/c1-20(95)79-37-26(100)6-77(76(118)119,138-62(37)42(102)27(101)8-85)139-66-46(106)31(12-89)125-75(57(66)117)133-60-34(15-92)128-70(41(51(60)111)83-24(5)99)135-63-44(104)29(10-87)123-72(54(63)114)131-58-32(13-90)126-67(39(49(58)109)81-22(3)97)121-18-36-47(107)65(137-68-38(80-21(2)96)48(108)43(103)28(9-86)122-68)56(116)74(130-36)132-59-33(14-91)127-69(40(50(59)110)82-23(4)98)136-64-45(105)30(11-88)124-73(55(64)115)134-61-35(16-93)129-71(53(113)52(61)112)120-17-25(7-84)78-19-94/h19,25-75,84-93,100-117H,6-18H2,1-5H3,(H,78,94)(H,79,95)(H,80,96)(H,81,97)(H,82,98)(H,83,99)(H,118,119)/t25-,26+,27-,28-,29-,30-,31-,32-,33-,34-,35-,36-,37-,38-,39-,40-,41-,42-,43-,44+,45+,46+,47+,48-,49-,50-,51-,52-,53-,54-,55-,56-,57-,58-,59-,60-,61-,62-,63+,64+,65+,66+,67-,68+,69+,70+,71-,72+,73+,74+,75+,77+/m1/s1. The van der Waals surface area contributed by atoms with Crippen LogP contribution in [0.5, 0.6) is 0 Å². The van der Waals surface area contributed by atoms with Gasteiger partial charge in [0.05, 0.1) is 97.5 Å². The van der Waals surface area contributed by atoms with Gasteiger partial charge in [0, 0.05) is 41.0 Å². The molecule has 10 fully saturated rings. The molecule has 35 N–H and O–H groups in total. The first-order chi connectivity index (χ1) is 65.8. The molecule has 62 nitrogen and oxygen atoms in total. The number of rotatable bonds is 42. The van der Waals surface area contributed by atoms with E-state index in [1.54, 1.807) is 0 Å². The first-order valence-corrected chi connectivity index (χ1v) is 44.0. The quantitative estimate of drug-likeness (QED) is 0.0252. The summed E-state index contributed by atoms with van der Waals surface area (Å²) in [6.45, 7) is -8.25. The summed E-state index contributed by atoms with van der Waals surface area (Å²) in [5.74, 6) is -10.2. The summed E-state index contributed by atoms with van der Waals surface area (Å²) < 4.78 is 118. The molecule has 139 heavy (non-hydrogen) atoms. The lowest BCUT2D eigenvalue weighted by Crippen LogP contribution is -2.71. The fourth-order valence-corrected chi connectivity index (χ4v) is 17.7. The van der Waals surface area contributed by atoms with Crippen LogP contribution >= 0.6 is 0 Å². The Morgan fingerprint density at radius 2 is 0.633 bits per heavy atom. The van der Waals surface area contributed by atoms with Crippen LogP contribution in [0.2, 0.25) is 0 Å². The minimum absolute atomic E-state index is 0.238. The minimum atomic E-state index is -3.29. The highest BCUT2D eigenvalue weighted by atomic mass is 16.8. The van der Waals surface area contributed by atoms with Crippen LogP contribution in [0.15, 0.2) is 0 Å². The molecule has 0 bridgehead atoms. The summed E-state index contributed by atoms with van der Waals surface area (Å²) in [6.07, 6.45) is -97.8. The molecule has 6 amide bonds. The van der Waals surface area contributed by atoms with Crippen molar-refractivity contribution in [3.8, 4) is 0 Å². The summed E-state index contributed by atoms with van der Waals surface area (Å²) in [6, 6.07) is -10.7. The largest absolute Gasteiger partial charge is 0.477 e. The van der Waals surface area contributed by atoms with Crippen molar-refractivity contribution in [2.45, 2.75) is 359 Å². The Kier molecular flexibility index (Phi) is 42.4. The van der Waals surface area contributed by atoms with Crippen LogP contribution < -0.4 is 31.9 Å². The Bertz CT molecular complexity index is 3880. The number of carbonyl (C=O) groups excluding carboxylic acids is 6. The van der Waals surface area contributed by atoms with Gasteiger partial charge in [0.2, 0.25) is 35.9 Å². The highest BCUT2D eigenvalue weighted by Crippen LogP contribution is 2.43. The van der Waals surface area contributed by atoms with E-state index in [2.05, 4.69) is 31.9 Å². The molecule has 10 rings (SSSR count). The molecule has 0 aromatic rings. The van der Waals surface area contributed by atoms with Gasteiger partial charge in [-0.2, -0.15) is 0 Å². The number of hydrogen-bond donors (Lipinski definition) is 35. The Hall–Kier alpha value is -5.63. The number of aliphatic hydroxyl groups is 28. The molecular formula is C77H128N6O56. The lowest BCUT2D eigenvalue weighted by atomic mass is 9.88. The number of carboxylic acid groups (broad SMARTS) is 1. The maximum Gasteiger partial charge on any atom is 0.364 e. The van der Waals surface area contributed by atoms with Crippen LogP contribution in [0.25, 0.3) is 0 Å². The van der Waals surface area contributed by atoms with Crippen LogP contribution in [-0.4, -0.2) is 588 Å². The molecule has 0 aliphatic carbocycles.